The van der Waals surface area contributed by atoms with Crippen molar-refractivity contribution in [2.75, 3.05) is 20.3 Å². The summed E-state index contributed by atoms with van der Waals surface area (Å²) >= 11 is 0. The third kappa shape index (κ3) is 5.32. The maximum atomic E-state index is 8.36. The Kier molecular flexibility index (Phi) is 7.67. The van der Waals surface area contributed by atoms with Gasteiger partial charge in [-0.25, -0.2) is 4.98 Å². The molecule has 1 aliphatic rings. The molecule has 0 amide bonds. The van der Waals surface area contributed by atoms with Crippen molar-refractivity contribution in [2.24, 2.45) is 5.92 Å². The first kappa shape index (κ1) is 23.2. The summed E-state index contributed by atoms with van der Waals surface area (Å²) in [4.78, 5) is 17.2. The number of methoxy groups -OCH3 is 1. The summed E-state index contributed by atoms with van der Waals surface area (Å²) in [5.74, 6) is 2.17. The van der Waals surface area contributed by atoms with Gasteiger partial charge in [-0.1, -0.05) is 0 Å². The van der Waals surface area contributed by atoms with Crippen molar-refractivity contribution in [3.8, 4) is 17.1 Å². The van der Waals surface area contributed by atoms with E-state index in [2.05, 4.69) is 45.1 Å². The van der Waals surface area contributed by atoms with Crippen LogP contribution in [0.1, 0.15) is 17.2 Å². The van der Waals surface area contributed by atoms with Crippen LogP contribution >= 0.6 is 0 Å². The van der Waals surface area contributed by atoms with Crippen LogP contribution in [0.5, 0.6) is 5.75 Å². The molecule has 5 rings (SSSR count). The second kappa shape index (κ2) is 11.2. The number of benzene rings is 1. The maximum absolute atomic E-state index is 8.36. The standard InChI is InChI=1S/C24H25N5O2.CH2O2/c1-30-23-4-3-19(14-20(23)15-28-11-2-7-27-28)24-26-10-12-29(24)22-17-31-16-21(22)13-18-5-8-25-9-6-18;2-1-3/h2-12,14,21-22H,13,15-17H2,1H3;1H,(H,2,3)/t21-,22-;/m1./s1. The van der Waals surface area contributed by atoms with Gasteiger partial charge in [0.05, 0.1) is 32.9 Å². The fraction of sp³-hybridized carbons (Fsp3) is 0.280. The van der Waals surface area contributed by atoms with Gasteiger partial charge in [0.2, 0.25) is 0 Å². The zero-order chi connectivity index (χ0) is 23.8. The smallest absolute Gasteiger partial charge is 0.290 e. The molecule has 1 N–H and O–H groups in total. The number of imidazole rings is 1. The van der Waals surface area contributed by atoms with E-state index in [9.17, 15) is 0 Å². The summed E-state index contributed by atoms with van der Waals surface area (Å²) in [5.41, 5.74) is 3.40. The molecular formula is C25H27N5O4. The molecule has 1 fully saturated rings. The van der Waals surface area contributed by atoms with Crippen LogP contribution in [0, 0.1) is 5.92 Å². The Labute approximate surface area is 197 Å². The Morgan fingerprint density at radius 1 is 1.15 bits per heavy atom. The lowest BCUT2D eigenvalue weighted by Crippen LogP contribution is -2.20. The molecule has 9 nitrogen and oxygen atoms in total. The average molecular weight is 462 g/mol. The van der Waals surface area contributed by atoms with Gasteiger partial charge >= 0.3 is 0 Å². The monoisotopic (exact) mass is 461 g/mol. The molecule has 4 aromatic rings. The first-order valence-electron chi connectivity index (χ1n) is 11.0. The predicted molar refractivity (Wildman–Crippen MR) is 126 cm³/mol. The van der Waals surface area contributed by atoms with Gasteiger partial charge in [0.25, 0.3) is 6.47 Å². The summed E-state index contributed by atoms with van der Waals surface area (Å²) < 4.78 is 15.6. The fourth-order valence-electron chi connectivity index (χ4n) is 4.33. The van der Waals surface area contributed by atoms with E-state index in [1.807, 2.05) is 41.6 Å². The third-order valence-electron chi connectivity index (χ3n) is 5.87. The van der Waals surface area contributed by atoms with Crippen LogP contribution in [0.4, 0.5) is 0 Å². The number of carbonyl (C=O) groups is 1. The molecule has 0 saturated carbocycles. The number of hydrogen-bond acceptors (Lipinski definition) is 6. The number of aromatic nitrogens is 5. The summed E-state index contributed by atoms with van der Waals surface area (Å²) in [7, 11) is 1.70. The normalized spacial score (nSPS) is 17.1. The van der Waals surface area contributed by atoms with Crippen LogP contribution in [0.25, 0.3) is 11.4 Å². The fourth-order valence-corrected chi connectivity index (χ4v) is 4.33. The second-order valence-corrected chi connectivity index (χ2v) is 7.92. The lowest BCUT2D eigenvalue weighted by Gasteiger charge is -2.21. The van der Waals surface area contributed by atoms with Crippen molar-refractivity contribution in [1.29, 1.82) is 0 Å². The lowest BCUT2D eigenvalue weighted by atomic mass is 9.95. The highest BCUT2D eigenvalue weighted by Crippen LogP contribution is 2.34. The minimum Gasteiger partial charge on any atom is -0.496 e. The highest BCUT2D eigenvalue weighted by molar-refractivity contribution is 5.59. The van der Waals surface area contributed by atoms with Gasteiger partial charge in [-0.3, -0.25) is 14.5 Å². The molecule has 1 aliphatic heterocycles. The quantitative estimate of drug-likeness (QED) is 0.421. The van der Waals surface area contributed by atoms with Crippen LogP contribution in [0.3, 0.4) is 0 Å². The van der Waals surface area contributed by atoms with Crippen molar-refractivity contribution in [3.05, 3.63) is 84.7 Å². The molecule has 0 radical (unpaired) electrons. The van der Waals surface area contributed by atoms with Gasteiger partial charge in [-0.2, -0.15) is 5.10 Å². The van der Waals surface area contributed by atoms with E-state index in [4.69, 9.17) is 24.4 Å². The number of ether oxygens (including phenoxy) is 2. The van der Waals surface area contributed by atoms with Gasteiger partial charge in [0.1, 0.15) is 11.6 Å². The average Bonchev–Trinajstić information content (AvgIpc) is 3.62. The minimum atomic E-state index is -0.250. The molecule has 1 saturated heterocycles. The molecule has 9 heteroatoms. The highest BCUT2D eigenvalue weighted by atomic mass is 16.5. The van der Waals surface area contributed by atoms with Gasteiger partial charge in [0.15, 0.2) is 0 Å². The SMILES string of the molecule is COc1ccc(-c2nccn2[C@@H]2COC[C@H]2Cc2ccncc2)cc1Cn1cccn1.O=CO. The number of carboxylic acid groups (broad SMARTS) is 1. The van der Waals surface area contributed by atoms with Crippen molar-refractivity contribution in [3.63, 3.8) is 0 Å². The van der Waals surface area contributed by atoms with E-state index in [1.54, 1.807) is 13.3 Å². The van der Waals surface area contributed by atoms with Crippen LogP contribution in [0.2, 0.25) is 0 Å². The van der Waals surface area contributed by atoms with Gasteiger partial charge in [-0.15, -0.1) is 0 Å². The molecule has 176 valence electrons. The predicted octanol–water partition coefficient (Wildman–Crippen LogP) is 3.33. The molecule has 4 heterocycles. The summed E-state index contributed by atoms with van der Waals surface area (Å²) in [6.45, 7) is 1.83. The molecule has 0 aliphatic carbocycles. The van der Waals surface area contributed by atoms with Crippen molar-refractivity contribution >= 4 is 6.47 Å². The van der Waals surface area contributed by atoms with E-state index >= 15 is 0 Å². The molecule has 34 heavy (non-hydrogen) atoms. The number of pyridine rings is 1. The van der Waals surface area contributed by atoms with E-state index in [-0.39, 0.29) is 12.5 Å². The first-order valence-corrected chi connectivity index (χ1v) is 11.0. The van der Waals surface area contributed by atoms with Crippen molar-refractivity contribution in [2.45, 2.75) is 19.0 Å². The van der Waals surface area contributed by atoms with Gasteiger partial charge in [-0.05, 0) is 48.4 Å². The topological polar surface area (TPSA) is 104 Å². The number of hydrogen-bond donors (Lipinski definition) is 1. The zero-order valence-corrected chi connectivity index (χ0v) is 18.9. The molecule has 0 unspecified atom stereocenters. The van der Waals surface area contributed by atoms with Crippen molar-refractivity contribution in [1.82, 2.24) is 24.3 Å². The molecular weight excluding hydrogens is 434 g/mol. The minimum absolute atomic E-state index is 0.238. The van der Waals surface area contributed by atoms with E-state index in [0.29, 0.717) is 19.1 Å². The number of rotatable bonds is 7. The Morgan fingerprint density at radius 2 is 1.97 bits per heavy atom. The third-order valence-corrected chi connectivity index (χ3v) is 5.87. The maximum Gasteiger partial charge on any atom is 0.290 e. The summed E-state index contributed by atoms with van der Waals surface area (Å²) in [6, 6.07) is 12.5. The Balaban J connectivity index is 0.000000868. The lowest BCUT2D eigenvalue weighted by molar-refractivity contribution is -0.122. The van der Waals surface area contributed by atoms with Crippen molar-refractivity contribution < 1.29 is 19.4 Å². The second-order valence-electron chi connectivity index (χ2n) is 7.92. The van der Waals surface area contributed by atoms with Gasteiger partial charge < -0.3 is 19.1 Å². The van der Waals surface area contributed by atoms with Crippen LogP contribution in [-0.2, 0) is 22.5 Å². The summed E-state index contributed by atoms with van der Waals surface area (Å²) in [6.07, 6.45) is 12.3. The van der Waals surface area contributed by atoms with Crippen LogP contribution in [-0.4, -0.2) is 56.2 Å². The molecule has 0 spiro atoms. The number of nitrogens with zero attached hydrogens (tertiary/aromatic N) is 5. The zero-order valence-electron chi connectivity index (χ0n) is 18.9. The first-order chi connectivity index (χ1) is 16.7. The van der Waals surface area contributed by atoms with Crippen LogP contribution in [0.15, 0.2) is 73.6 Å². The summed E-state index contributed by atoms with van der Waals surface area (Å²) in [5, 5.41) is 11.2. The van der Waals surface area contributed by atoms with E-state index in [1.165, 1.54) is 5.56 Å². The molecule has 0 bridgehead atoms. The van der Waals surface area contributed by atoms with Gasteiger partial charge in [0, 0.05) is 54.2 Å². The Morgan fingerprint density at radius 3 is 2.71 bits per heavy atom. The highest BCUT2D eigenvalue weighted by Gasteiger charge is 2.31. The Hall–Kier alpha value is -3.98. The van der Waals surface area contributed by atoms with E-state index < -0.39 is 0 Å². The van der Waals surface area contributed by atoms with E-state index in [0.717, 1.165) is 35.7 Å². The molecule has 1 aromatic carbocycles. The largest absolute Gasteiger partial charge is 0.496 e. The Bertz CT molecular complexity index is 1180. The molecule has 2 atom stereocenters. The molecule has 3 aromatic heterocycles. The van der Waals surface area contributed by atoms with Crippen LogP contribution < -0.4 is 4.74 Å².